The summed E-state index contributed by atoms with van der Waals surface area (Å²) in [7, 11) is 0. The highest BCUT2D eigenvalue weighted by molar-refractivity contribution is 6.13. The van der Waals surface area contributed by atoms with Crippen LogP contribution in [-0.2, 0) is 13.1 Å². The first-order chi connectivity index (χ1) is 40.1. The van der Waals surface area contributed by atoms with Gasteiger partial charge in [0.25, 0.3) is 0 Å². The van der Waals surface area contributed by atoms with Gasteiger partial charge in [-0.15, -0.1) is 0 Å². The summed E-state index contributed by atoms with van der Waals surface area (Å²) in [4.78, 5) is 5.12. The van der Waals surface area contributed by atoms with Gasteiger partial charge in [0.05, 0.1) is 50.8 Å². The fraction of sp³-hybridized carbons (Fsp3) is 0.0400. The average molecular weight is 1040 g/mol. The van der Waals surface area contributed by atoms with E-state index in [0.29, 0.717) is 0 Å². The van der Waals surface area contributed by atoms with Gasteiger partial charge >= 0.3 is 0 Å². The predicted octanol–water partition coefficient (Wildman–Crippen LogP) is 18.7. The molecule has 380 valence electrons. The van der Waals surface area contributed by atoms with Crippen molar-refractivity contribution in [1.29, 1.82) is 0 Å². The number of aromatic nitrogens is 4. The smallest absolute Gasteiger partial charge is 0.0910 e. The highest BCUT2D eigenvalue weighted by Crippen LogP contribution is 2.44. The molecule has 0 amide bonds. The third-order valence-electron chi connectivity index (χ3n) is 17.8. The van der Waals surface area contributed by atoms with E-state index in [2.05, 4.69) is 295 Å². The van der Waals surface area contributed by atoms with Crippen molar-refractivity contribution in [3.8, 4) is 45.0 Å². The third-order valence-corrected chi connectivity index (χ3v) is 17.8. The molecular weight excluding hydrogens is 985 g/mol. The molecule has 6 heterocycles. The second kappa shape index (κ2) is 17.0. The van der Waals surface area contributed by atoms with E-state index in [1.165, 1.54) is 143 Å². The van der Waals surface area contributed by atoms with Crippen molar-refractivity contribution in [2.45, 2.75) is 13.1 Å². The number of para-hydroxylation sites is 6. The van der Waals surface area contributed by atoms with Crippen molar-refractivity contribution in [1.82, 2.24) is 18.3 Å². The van der Waals surface area contributed by atoms with Crippen LogP contribution in [0.4, 0.5) is 11.4 Å². The Balaban J connectivity index is 0.651. The highest BCUT2D eigenvalue weighted by Gasteiger charge is 2.31. The number of rotatable bonds is 6. The van der Waals surface area contributed by atoms with Crippen LogP contribution in [0.3, 0.4) is 0 Å². The number of hydrogen-bond donors (Lipinski definition) is 0. The van der Waals surface area contributed by atoms with Crippen LogP contribution in [0.2, 0.25) is 0 Å². The zero-order valence-electron chi connectivity index (χ0n) is 44.2. The predicted molar refractivity (Wildman–Crippen MR) is 338 cm³/mol. The molecule has 0 saturated heterocycles. The maximum absolute atomic E-state index is 2.56. The zero-order valence-corrected chi connectivity index (χ0v) is 44.2. The van der Waals surface area contributed by atoms with Gasteiger partial charge in [-0.1, -0.05) is 146 Å². The number of benzene rings is 12. The van der Waals surface area contributed by atoms with Gasteiger partial charge in [-0.3, -0.25) is 0 Å². The van der Waals surface area contributed by atoms with Crippen LogP contribution in [0.15, 0.2) is 267 Å². The monoisotopic (exact) mass is 1030 g/mol. The maximum Gasteiger partial charge on any atom is 0.0910 e. The normalized spacial score (nSPS) is 13.2. The minimum atomic E-state index is 0.843. The molecule has 18 rings (SSSR count). The second-order valence-corrected chi connectivity index (χ2v) is 22.2. The van der Waals surface area contributed by atoms with Crippen molar-refractivity contribution >= 4 is 98.6 Å². The summed E-state index contributed by atoms with van der Waals surface area (Å²) in [6.45, 7) is 2.56. The Morgan fingerprint density at radius 3 is 0.827 bits per heavy atom. The molecule has 2 bridgehead atoms. The van der Waals surface area contributed by atoms with Gasteiger partial charge in [-0.25, -0.2) is 0 Å². The van der Waals surface area contributed by atoms with E-state index in [4.69, 9.17) is 0 Å². The summed E-state index contributed by atoms with van der Waals surface area (Å²) in [5, 5.41) is 10.1. The fourth-order valence-corrected chi connectivity index (χ4v) is 14.2. The van der Waals surface area contributed by atoms with Crippen molar-refractivity contribution in [3.63, 3.8) is 0 Å². The van der Waals surface area contributed by atoms with Gasteiger partial charge in [0.2, 0.25) is 0 Å². The number of fused-ring (bicyclic) bond motifs is 18. The van der Waals surface area contributed by atoms with E-state index in [0.717, 1.165) is 31.1 Å². The molecule has 0 atom stereocenters. The Hall–Kier alpha value is -10.6. The summed E-state index contributed by atoms with van der Waals surface area (Å²) < 4.78 is 9.70. The van der Waals surface area contributed by atoms with E-state index in [-0.39, 0.29) is 0 Å². The zero-order chi connectivity index (χ0) is 52.9. The molecular formula is C75H50N6. The molecule has 2 aliphatic heterocycles. The van der Waals surface area contributed by atoms with Gasteiger partial charge < -0.3 is 28.1 Å². The molecule has 0 saturated carbocycles. The van der Waals surface area contributed by atoms with Crippen LogP contribution in [0, 0.1) is 0 Å². The number of anilines is 2. The Labute approximate surface area is 467 Å². The first kappa shape index (κ1) is 44.4. The molecule has 0 N–H and O–H groups in total. The van der Waals surface area contributed by atoms with E-state index in [1.54, 1.807) is 0 Å². The van der Waals surface area contributed by atoms with Gasteiger partial charge in [0.15, 0.2) is 0 Å². The first-order valence-corrected chi connectivity index (χ1v) is 28.2. The SMILES string of the molecule is c1ccc2c(c1)c1ccccc1n2-c1ccc(-c2ccc3c(c2)c2ccccc2n3-c2ccc3c(c2)CN2CN3Cc3cc(-n4c5ccccc5c5cc(-c6ccc(-n7c8ccccc8c8ccccc87)cc6)ccc54)ccc32)cc1. The number of hydrogen-bond acceptors (Lipinski definition) is 2. The summed E-state index contributed by atoms with van der Waals surface area (Å²) in [6.07, 6.45) is 0. The molecule has 6 nitrogen and oxygen atoms in total. The summed E-state index contributed by atoms with van der Waals surface area (Å²) in [6, 6.07) is 99.1. The lowest BCUT2D eigenvalue weighted by atomic mass is 10.0. The van der Waals surface area contributed by atoms with E-state index in [1.807, 2.05) is 0 Å². The van der Waals surface area contributed by atoms with Gasteiger partial charge in [-0.05, 0) is 155 Å². The van der Waals surface area contributed by atoms with Crippen LogP contribution in [0.1, 0.15) is 11.1 Å². The van der Waals surface area contributed by atoms with Crippen LogP contribution >= 0.6 is 0 Å². The maximum atomic E-state index is 2.56. The van der Waals surface area contributed by atoms with Crippen LogP contribution in [0.25, 0.3) is 132 Å². The van der Waals surface area contributed by atoms with E-state index < -0.39 is 0 Å². The highest BCUT2D eigenvalue weighted by atomic mass is 15.4. The molecule has 0 radical (unpaired) electrons. The molecule has 4 aromatic heterocycles. The molecule has 12 aromatic carbocycles. The fourth-order valence-electron chi connectivity index (χ4n) is 14.2. The minimum Gasteiger partial charge on any atom is -0.349 e. The minimum absolute atomic E-state index is 0.843. The van der Waals surface area contributed by atoms with E-state index in [9.17, 15) is 0 Å². The molecule has 0 unspecified atom stereocenters. The lowest BCUT2D eigenvalue weighted by Gasteiger charge is -2.45. The molecule has 0 fully saturated rings. The molecule has 81 heavy (non-hydrogen) atoms. The average Bonchev–Trinajstić information content (AvgIpc) is 4.28. The molecule has 0 spiro atoms. The number of nitrogens with zero attached hydrogens (tertiary/aromatic N) is 6. The molecule has 16 aromatic rings. The molecule has 0 aliphatic carbocycles. The van der Waals surface area contributed by atoms with Crippen LogP contribution < -0.4 is 9.80 Å². The van der Waals surface area contributed by atoms with Crippen LogP contribution in [-0.4, -0.2) is 24.9 Å². The lowest BCUT2D eigenvalue weighted by molar-refractivity contribution is 0.650. The van der Waals surface area contributed by atoms with Crippen molar-refractivity contribution < 1.29 is 0 Å². The van der Waals surface area contributed by atoms with Crippen molar-refractivity contribution in [2.24, 2.45) is 0 Å². The largest absolute Gasteiger partial charge is 0.349 e. The van der Waals surface area contributed by atoms with Gasteiger partial charge in [-0.2, -0.15) is 0 Å². The van der Waals surface area contributed by atoms with E-state index >= 15 is 0 Å². The van der Waals surface area contributed by atoms with Gasteiger partial charge in [0, 0.05) is 90.3 Å². The lowest BCUT2D eigenvalue weighted by Crippen LogP contribution is -2.46. The first-order valence-electron chi connectivity index (χ1n) is 28.2. The Morgan fingerprint density at radius 1 is 0.210 bits per heavy atom. The Morgan fingerprint density at radius 2 is 0.481 bits per heavy atom. The second-order valence-electron chi connectivity index (χ2n) is 22.2. The molecule has 6 heteroatoms. The van der Waals surface area contributed by atoms with Gasteiger partial charge in [0.1, 0.15) is 0 Å². The third kappa shape index (κ3) is 6.56. The summed E-state index contributed by atoms with van der Waals surface area (Å²) in [5.74, 6) is 0. The summed E-state index contributed by atoms with van der Waals surface area (Å²) >= 11 is 0. The Bertz CT molecular complexity index is 4840. The van der Waals surface area contributed by atoms with Crippen LogP contribution in [0.5, 0.6) is 0 Å². The standard InChI is InChI=1S/C75H50N6/c1-7-19-68-58(13-1)59-14-2-8-20-69(59)78(68)54-31-25-48(26-32-54)50-29-37-74-64(43-50)62-17-5-11-23-72(62)80(74)56-35-39-66-52(41-56)45-76-47-77(66)46-53-42-57(36-40-67(53)76)81-73-24-12-6-18-63(73)65-44-51(30-38-75(65)81)49-27-33-55(34-28-49)79-70-21-9-3-15-60(70)61-16-4-10-22-71(61)79/h1-44H,45-47H2. The topological polar surface area (TPSA) is 26.2 Å². The quantitative estimate of drug-likeness (QED) is 0.166. The van der Waals surface area contributed by atoms with Crippen molar-refractivity contribution in [2.75, 3.05) is 16.5 Å². The molecule has 2 aliphatic rings. The summed E-state index contributed by atoms with van der Waals surface area (Å²) in [5.41, 5.74) is 24.6. The van der Waals surface area contributed by atoms with Crippen molar-refractivity contribution in [3.05, 3.63) is 278 Å². The Kier molecular flexibility index (Phi) is 9.31.